The molecule has 1 amide bonds. The Kier molecular flexibility index (Phi) is 3.64. The van der Waals surface area contributed by atoms with Gasteiger partial charge >= 0.3 is 12.1 Å². The Bertz CT molecular complexity index is 569. The molecule has 21 heavy (non-hydrogen) atoms. The molecule has 1 aromatic rings. The number of allylic oxidation sites excluding steroid dienone is 1. The number of fused-ring (bicyclic) bond motifs is 2. The van der Waals surface area contributed by atoms with Crippen molar-refractivity contribution in [3.8, 4) is 0 Å². The zero-order chi connectivity index (χ0) is 14.8. The Morgan fingerprint density at radius 1 is 1.19 bits per heavy atom. The molecule has 5 heteroatoms. The fourth-order valence-electron chi connectivity index (χ4n) is 3.26. The molecule has 2 aliphatic carbocycles. The van der Waals surface area contributed by atoms with Crippen LogP contribution < -0.4 is 5.32 Å². The number of rotatable bonds is 4. The largest absolute Gasteiger partial charge is 0.481 e. The van der Waals surface area contributed by atoms with Crippen LogP contribution in [-0.4, -0.2) is 23.2 Å². The summed E-state index contributed by atoms with van der Waals surface area (Å²) in [6.45, 7) is 0.182. The predicted molar refractivity (Wildman–Crippen MR) is 75.4 cm³/mol. The highest BCUT2D eigenvalue weighted by Gasteiger charge is 2.49. The van der Waals surface area contributed by atoms with Crippen LogP contribution in [0.15, 0.2) is 42.5 Å². The molecule has 0 saturated heterocycles. The van der Waals surface area contributed by atoms with Gasteiger partial charge in [0, 0.05) is 0 Å². The van der Waals surface area contributed by atoms with E-state index >= 15 is 0 Å². The van der Waals surface area contributed by atoms with Crippen LogP contribution in [0.4, 0.5) is 4.79 Å². The second-order valence-electron chi connectivity index (χ2n) is 5.54. The average molecular weight is 287 g/mol. The van der Waals surface area contributed by atoms with E-state index in [-0.39, 0.29) is 24.5 Å². The minimum absolute atomic E-state index is 0.0203. The fraction of sp³-hybridized carbons (Fsp3) is 0.375. The minimum atomic E-state index is -0.861. The fourth-order valence-corrected chi connectivity index (χ4v) is 3.26. The first-order valence-electron chi connectivity index (χ1n) is 7.03. The highest BCUT2D eigenvalue weighted by Crippen LogP contribution is 2.43. The third-order valence-corrected chi connectivity index (χ3v) is 4.24. The highest BCUT2D eigenvalue weighted by molar-refractivity contribution is 5.75. The Morgan fingerprint density at radius 2 is 1.90 bits per heavy atom. The molecular weight excluding hydrogens is 270 g/mol. The van der Waals surface area contributed by atoms with Crippen molar-refractivity contribution in [3.05, 3.63) is 48.0 Å². The van der Waals surface area contributed by atoms with Crippen molar-refractivity contribution in [2.45, 2.75) is 19.1 Å². The lowest BCUT2D eigenvalue weighted by Crippen LogP contribution is -2.45. The second-order valence-corrected chi connectivity index (χ2v) is 5.54. The summed E-state index contributed by atoms with van der Waals surface area (Å²) in [4.78, 5) is 23.2. The van der Waals surface area contributed by atoms with Crippen molar-refractivity contribution in [3.63, 3.8) is 0 Å². The van der Waals surface area contributed by atoms with Crippen LogP contribution in [0.5, 0.6) is 0 Å². The molecule has 0 spiro atoms. The number of hydrogen-bond acceptors (Lipinski definition) is 3. The van der Waals surface area contributed by atoms with Gasteiger partial charge in [0.2, 0.25) is 0 Å². The molecule has 0 radical (unpaired) electrons. The molecule has 2 bridgehead atoms. The van der Waals surface area contributed by atoms with Crippen LogP contribution in [0.1, 0.15) is 12.0 Å². The van der Waals surface area contributed by atoms with Gasteiger partial charge in [0.15, 0.2) is 0 Å². The Hall–Kier alpha value is -2.30. The number of amides is 1. The summed E-state index contributed by atoms with van der Waals surface area (Å²) in [6.07, 6.45) is 4.17. The van der Waals surface area contributed by atoms with Crippen molar-refractivity contribution in [2.24, 2.45) is 17.8 Å². The number of carbonyl (C=O) groups excluding carboxylic acids is 1. The van der Waals surface area contributed by atoms with E-state index in [0.29, 0.717) is 0 Å². The second kappa shape index (κ2) is 5.60. The average Bonchev–Trinajstić information content (AvgIpc) is 3.07. The van der Waals surface area contributed by atoms with Crippen molar-refractivity contribution < 1.29 is 19.4 Å². The number of benzene rings is 1. The molecule has 1 fully saturated rings. The Morgan fingerprint density at radius 3 is 2.62 bits per heavy atom. The third-order valence-electron chi connectivity index (χ3n) is 4.24. The maximum atomic E-state index is 11.9. The van der Waals surface area contributed by atoms with E-state index in [9.17, 15) is 14.7 Å². The number of ether oxygens (including phenoxy) is 1. The van der Waals surface area contributed by atoms with Crippen molar-refractivity contribution in [2.75, 3.05) is 0 Å². The molecule has 0 aromatic heterocycles. The number of aliphatic carboxylic acids is 1. The summed E-state index contributed by atoms with van der Waals surface area (Å²) < 4.78 is 5.16. The van der Waals surface area contributed by atoms with Crippen LogP contribution >= 0.6 is 0 Å². The van der Waals surface area contributed by atoms with Crippen molar-refractivity contribution >= 4 is 12.1 Å². The summed E-state index contributed by atoms with van der Waals surface area (Å²) in [5, 5.41) is 12.0. The first-order valence-corrected chi connectivity index (χ1v) is 7.03. The predicted octanol–water partition coefficient (Wildman–Crippen LogP) is 2.19. The lowest BCUT2D eigenvalue weighted by atomic mass is 9.89. The lowest BCUT2D eigenvalue weighted by molar-refractivity contribution is -0.143. The topological polar surface area (TPSA) is 75.6 Å². The molecule has 110 valence electrons. The maximum Gasteiger partial charge on any atom is 0.407 e. The first kappa shape index (κ1) is 13.7. The van der Waals surface area contributed by atoms with Gasteiger partial charge in [0.1, 0.15) is 6.61 Å². The normalized spacial score (nSPS) is 29.3. The maximum absolute atomic E-state index is 11.9. The molecule has 0 aliphatic heterocycles. The Balaban J connectivity index is 1.57. The van der Waals surface area contributed by atoms with E-state index in [1.165, 1.54) is 0 Å². The van der Waals surface area contributed by atoms with Crippen LogP contribution in [-0.2, 0) is 16.1 Å². The first-order chi connectivity index (χ1) is 10.1. The molecule has 0 unspecified atom stereocenters. The summed E-state index contributed by atoms with van der Waals surface area (Å²) in [6, 6.07) is 9.00. The van der Waals surface area contributed by atoms with Gasteiger partial charge in [-0.15, -0.1) is 0 Å². The molecule has 4 atom stereocenters. The molecule has 2 N–H and O–H groups in total. The number of alkyl carbamates (subject to hydrolysis) is 1. The zero-order valence-electron chi connectivity index (χ0n) is 11.4. The van der Waals surface area contributed by atoms with Gasteiger partial charge in [-0.05, 0) is 23.8 Å². The van der Waals surface area contributed by atoms with Crippen molar-refractivity contribution in [1.29, 1.82) is 0 Å². The van der Waals surface area contributed by atoms with Gasteiger partial charge in [0.25, 0.3) is 0 Å². The highest BCUT2D eigenvalue weighted by atomic mass is 16.5. The number of carboxylic acids is 1. The standard InChI is InChI=1S/C16H17NO4/c18-15(19)13-11-6-7-12(8-11)14(13)17-16(20)21-9-10-4-2-1-3-5-10/h1-7,11-14H,8-9H2,(H,17,20)(H,18,19)/t11-,12+,13-,14+/m1/s1. The van der Waals surface area contributed by atoms with E-state index in [4.69, 9.17) is 4.74 Å². The SMILES string of the molecule is O=C(N[C@@H]1[C@H](C(=O)O)[C@@H]2C=C[C@H]1C2)OCc1ccccc1. The van der Waals surface area contributed by atoms with Crippen LogP contribution in [0.3, 0.4) is 0 Å². The van der Waals surface area contributed by atoms with Gasteiger partial charge in [-0.3, -0.25) is 4.79 Å². The minimum Gasteiger partial charge on any atom is -0.481 e. The molecule has 2 aliphatic rings. The molecule has 1 saturated carbocycles. The van der Waals surface area contributed by atoms with Crippen LogP contribution in [0.25, 0.3) is 0 Å². The summed E-state index contributed by atoms with van der Waals surface area (Å²) in [5.74, 6) is -1.29. The van der Waals surface area contributed by atoms with E-state index < -0.39 is 18.0 Å². The van der Waals surface area contributed by atoms with Gasteiger partial charge in [-0.2, -0.15) is 0 Å². The van der Waals surface area contributed by atoms with Gasteiger partial charge in [-0.25, -0.2) is 4.79 Å². The van der Waals surface area contributed by atoms with Gasteiger partial charge < -0.3 is 15.2 Å². The molecule has 3 rings (SSSR count). The van der Waals surface area contributed by atoms with E-state index in [1.807, 2.05) is 42.5 Å². The van der Waals surface area contributed by atoms with Gasteiger partial charge in [0.05, 0.1) is 12.0 Å². The summed E-state index contributed by atoms with van der Waals surface area (Å²) in [5.41, 5.74) is 0.898. The monoisotopic (exact) mass is 287 g/mol. The smallest absolute Gasteiger partial charge is 0.407 e. The molecule has 1 aromatic carbocycles. The Labute approximate surface area is 122 Å². The summed E-state index contributed by atoms with van der Waals surface area (Å²) >= 11 is 0. The van der Waals surface area contributed by atoms with E-state index in [2.05, 4.69) is 5.32 Å². The van der Waals surface area contributed by atoms with E-state index in [0.717, 1.165) is 12.0 Å². The summed E-state index contributed by atoms with van der Waals surface area (Å²) in [7, 11) is 0. The number of carbonyl (C=O) groups is 2. The van der Waals surface area contributed by atoms with E-state index in [1.54, 1.807) is 0 Å². The quantitative estimate of drug-likeness (QED) is 0.832. The zero-order valence-corrected chi connectivity index (χ0v) is 11.4. The van der Waals surface area contributed by atoms with Crippen LogP contribution in [0.2, 0.25) is 0 Å². The number of carboxylic acid groups (broad SMARTS) is 1. The lowest BCUT2D eigenvalue weighted by Gasteiger charge is -2.25. The number of hydrogen-bond donors (Lipinski definition) is 2. The van der Waals surface area contributed by atoms with Crippen molar-refractivity contribution in [1.82, 2.24) is 5.32 Å². The molecule has 5 nitrogen and oxygen atoms in total. The molecular formula is C16H17NO4. The molecule has 0 heterocycles. The van der Waals surface area contributed by atoms with Crippen LogP contribution in [0, 0.1) is 17.8 Å². The van der Waals surface area contributed by atoms with Gasteiger partial charge in [-0.1, -0.05) is 42.5 Å². The third kappa shape index (κ3) is 2.77. The number of nitrogens with one attached hydrogen (secondary N) is 1.